The number of piperidine rings is 1. The first-order chi connectivity index (χ1) is 14.9. The molecule has 160 valence electrons. The van der Waals surface area contributed by atoms with E-state index in [1.54, 1.807) is 31.2 Å². The molecule has 6 nitrogen and oxygen atoms in total. The summed E-state index contributed by atoms with van der Waals surface area (Å²) in [5, 5.41) is 10.7. The van der Waals surface area contributed by atoms with E-state index in [2.05, 4.69) is 6.92 Å². The molecule has 1 aromatic heterocycles. The summed E-state index contributed by atoms with van der Waals surface area (Å²) in [5.74, 6) is 0.451. The maximum Gasteiger partial charge on any atom is 0.344 e. The van der Waals surface area contributed by atoms with Gasteiger partial charge < -0.3 is 14.4 Å². The number of carbonyl (C=O) groups excluding carboxylic acids is 2. The predicted molar refractivity (Wildman–Crippen MR) is 118 cm³/mol. The Morgan fingerprint density at radius 1 is 1.16 bits per heavy atom. The second kappa shape index (κ2) is 8.38. The highest BCUT2D eigenvalue weighted by Crippen LogP contribution is 2.21. The molecule has 0 atom stereocenters. The van der Waals surface area contributed by atoms with Gasteiger partial charge in [-0.2, -0.15) is 0 Å². The van der Waals surface area contributed by atoms with Gasteiger partial charge in [0.25, 0.3) is 5.91 Å². The van der Waals surface area contributed by atoms with E-state index < -0.39 is 5.63 Å². The van der Waals surface area contributed by atoms with E-state index >= 15 is 0 Å². The van der Waals surface area contributed by atoms with E-state index in [0.717, 1.165) is 25.9 Å². The van der Waals surface area contributed by atoms with Crippen LogP contribution in [-0.4, -0.2) is 35.3 Å². The SMILES string of the molecule is Cc1c(-c2ccc(C(=O)N3CCC(C)CC3)cc2)c(=O)oc2c1=CCC=C(O)C=2C=O. The van der Waals surface area contributed by atoms with Crippen molar-refractivity contribution in [3.63, 3.8) is 0 Å². The zero-order chi connectivity index (χ0) is 22.1. The van der Waals surface area contributed by atoms with Crippen molar-refractivity contribution in [1.82, 2.24) is 4.90 Å². The largest absolute Gasteiger partial charge is 0.507 e. The third-order valence-electron chi connectivity index (χ3n) is 6.19. The normalized spacial score (nSPS) is 16.8. The van der Waals surface area contributed by atoms with Gasteiger partial charge in [0, 0.05) is 23.9 Å². The summed E-state index contributed by atoms with van der Waals surface area (Å²) in [7, 11) is 0. The van der Waals surface area contributed by atoms with Gasteiger partial charge in [-0.3, -0.25) is 9.59 Å². The van der Waals surface area contributed by atoms with Crippen LogP contribution in [0, 0.1) is 12.8 Å². The molecule has 1 aliphatic carbocycles. The van der Waals surface area contributed by atoms with Gasteiger partial charge in [0.1, 0.15) is 5.76 Å². The summed E-state index contributed by atoms with van der Waals surface area (Å²) in [4.78, 5) is 38.9. The number of carbonyl (C=O) groups is 2. The van der Waals surface area contributed by atoms with Crippen molar-refractivity contribution in [2.45, 2.75) is 33.1 Å². The molecule has 2 aromatic rings. The minimum absolute atomic E-state index is 0.00393. The lowest BCUT2D eigenvalue weighted by molar-refractivity contribution is -0.103. The number of aldehydes is 1. The lowest BCUT2D eigenvalue weighted by Crippen LogP contribution is -2.37. The maximum atomic E-state index is 12.8. The molecule has 1 amide bonds. The molecule has 0 saturated carbocycles. The molecular weight excluding hydrogens is 394 g/mol. The van der Waals surface area contributed by atoms with Crippen molar-refractivity contribution in [1.29, 1.82) is 0 Å². The van der Waals surface area contributed by atoms with Gasteiger partial charge in [-0.25, -0.2) is 4.79 Å². The molecular formula is C25H25NO5. The number of amides is 1. The maximum absolute atomic E-state index is 12.8. The van der Waals surface area contributed by atoms with E-state index in [0.29, 0.717) is 46.1 Å². The second-order valence-electron chi connectivity index (χ2n) is 8.25. The van der Waals surface area contributed by atoms with Crippen LogP contribution in [0.2, 0.25) is 0 Å². The van der Waals surface area contributed by atoms with E-state index in [-0.39, 0.29) is 22.7 Å². The van der Waals surface area contributed by atoms with Crippen molar-refractivity contribution in [3.8, 4) is 11.1 Å². The van der Waals surface area contributed by atoms with E-state index in [4.69, 9.17) is 4.42 Å². The van der Waals surface area contributed by atoms with Crippen LogP contribution < -0.4 is 16.3 Å². The van der Waals surface area contributed by atoms with Crippen molar-refractivity contribution in [2.24, 2.45) is 5.92 Å². The van der Waals surface area contributed by atoms with Gasteiger partial charge in [-0.15, -0.1) is 0 Å². The quantitative estimate of drug-likeness (QED) is 0.773. The third kappa shape index (κ3) is 3.85. The molecule has 0 unspecified atom stereocenters. The summed E-state index contributed by atoms with van der Waals surface area (Å²) >= 11 is 0. The summed E-state index contributed by atoms with van der Waals surface area (Å²) in [6, 6.07) is 6.98. The minimum Gasteiger partial charge on any atom is -0.507 e. The fourth-order valence-electron chi connectivity index (χ4n) is 4.24. The molecule has 0 spiro atoms. The Morgan fingerprint density at radius 3 is 2.48 bits per heavy atom. The first-order valence-corrected chi connectivity index (χ1v) is 10.5. The first kappa shape index (κ1) is 20.8. The average Bonchev–Trinajstić information content (AvgIpc) is 2.92. The molecule has 6 heteroatoms. The Balaban J connectivity index is 1.73. The Bertz CT molecular complexity index is 1240. The molecule has 1 N–H and O–H groups in total. The highest BCUT2D eigenvalue weighted by atomic mass is 16.4. The van der Waals surface area contributed by atoms with Crippen LogP contribution in [-0.2, 0) is 4.79 Å². The number of hydrogen-bond donors (Lipinski definition) is 1. The van der Waals surface area contributed by atoms with Crippen molar-refractivity contribution in [2.75, 3.05) is 13.1 Å². The summed E-state index contributed by atoms with van der Waals surface area (Å²) in [6.45, 7) is 5.53. The van der Waals surface area contributed by atoms with Gasteiger partial charge in [0.05, 0.1) is 11.1 Å². The Hall–Kier alpha value is -3.41. The third-order valence-corrected chi connectivity index (χ3v) is 6.19. The van der Waals surface area contributed by atoms with Crippen molar-refractivity contribution < 1.29 is 19.1 Å². The highest BCUT2D eigenvalue weighted by molar-refractivity contribution is 6.04. The molecule has 1 aromatic carbocycles. The molecule has 0 radical (unpaired) electrons. The predicted octanol–water partition coefficient (Wildman–Crippen LogP) is 2.46. The fourth-order valence-corrected chi connectivity index (χ4v) is 4.24. The molecule has 4 rings (SSSR count). The molecule has 1 fully saturated rings. The van der Waals surface area contributed by atoms with Crippen LogP contribution >= 0.6 is 0 Å². The van der Waals surface area contributed by atoms with Gasteiger partial charge in [0.15, 0.2) is 11.7 Å². The van der Waals surface area contributed by atoms with Crippen LogP contribution in [0.25, 0.3) is 22.8 Å². The number of allylic oxidation sites excluding steroid dienone is 2. The standard InChI is InChI=1S/C25H25NO5/c1-15-10-12-26(13-11-15)24(29)18-8-6-17(7-9-18)22-16(2)19-4-3-5-21(28)20(14-27)23(19)31-25(22)30/h4-9,14-15,28H,3,10-13H2,1-2H3. The second-order valence-corrected chi connectivity index (χ2v) is 8.25. The van der Waals surface area contributed by atoms with Gasteiger partial charge >= 0.3 is 5.63 Å². The lowest BCUT2D eigenvalue weighted by atomic mass is 9.97. The van der Waals surface area contributed by atoms with Crippen LogP contribution in [0.3, 0.4) is 0 Å². The Labute approximate surface area is 179 Å². The number of aliphatic hydroxyl groups is 1. The van der Waals surface area contributed by atoms with Crippen molar-refractivity contribution in [3.05, 3.63) is 68.3 Å². The summed E-state index contributed by atoms with van der Waals surface area (Å²) in [6.07, 6.45) is 6.25. The number of aliphatic hydroxyl groups excluding tert-OH is 1. The molecule has 1 saturated heterocycles. The van der Waals surface area contributed by atoms with Crippen LogP contribution in [0.15, 0.2) is 45.3 Å². The zero-order valence-electron chi connectivity index (χ0n) is 17.7. The monoisotopic (exact) mass is 419 g/mol. The van der Waals surface area contributed by atoms with Crippen LogP contribution in [0.5, 0.6) is 0 Å². The number of likely N-dealkylation sites (tertiary alicyclic amines) is 1. The van der Waals surface area contributed by atoms with E-state index in [1.807, 2.05) is 11.0 Å². The molecule has 2 heterocycles. The average molecular weight is 419 g/mol. The van der Waals surface area contributed by atoms with Gasteiger partial charge in [-0.1, -0.05) is 25.1 Å². The van der Waals surface area contributed by atoms with E-state index in [9.17, 15) is 19.5 Å². The fraction of sp³-hybridized carbons (Fsp3) is 0.320. The Morgan fingerprint density at radius 2 is 1.84 bits per heavy atom. The molecule has 1 aliphatic heterocycles. The smallest absolute Gasteiger partial charge is 0.344 e. The van der Waals surface area contributed by atoms with Gasteiger partial charge in [-0.05, 0) is 61.4 Å². The topological polar surface area (TPSA) is 87.8 Å². The summed E-state index contributed by atoms with van der Waals surface area (Å²) < 4.78 is 5.47. The first-order valence-electron chi connectivity index (χ1n) is 10.5. The van der Waals surface area contributed by atoms with Crippen LogP contribution in [0.1, 0.15) is 42.1 Å². The zero-order valence-corrected chi connectivity index (χ0v) is 17.7. The number of hydrogen-bond acceptors (Lipinski definition) is 5. The molecule has 0 bridgehead atoms. The van der Waals surface area contributed by atoms with E-state index in [1.165, 1.54) is 6.08 Å². The summed E-state index contributed by atoms with van der Waals surface area (Å²) in [5.41, 5.74) is 1.73. The number of benzene rings is 1. The lowest BCUT2D eigenvalue weighted by Gasteiger charge is -2.30. The highest BCUT2D eigenvalue weighted by Gasteiger charge is 2.22. The number of rotatable bonds is 3. The molecule has 31 heavy (non-hydrogen) atoms. The minimum atomic E-state index is -0.595. The number of nitrogens with zero attached hydrogens (tertiary/aromatic N) is 1. The van der Waals surface area contributed by atoms with Crippen LogP contribution in [0.4, 0.5) is 0 Å². The van der Waals surface area contributed by atoms with Gasteiger partial charge in [0.2, 0.25) is 0 Å². The van der Waals surface area contributed by atoms with Crippen molar-refractivity contribution >= 4 is 23.8 Å². The number of fused-ring (bicyclic) bond motifs is 1. The Kier molecular flexibility index (Phi) is 5.63. The molecule has 2 aliphatic rings.